The normalized spacial score (nSPS) is 27.2. The maximum absolute atomic E-state index is 11.6. The molecule has 0 spiro atoms. The molecule has 0 unspecified atom stereocenters. The van der Waals surface area contributed by atoms with Crippen molar-refractivity contribution in [2.24, 2.45) is 0 Å². The van der Waals surface area contributed by atoms with E-state index in [0.717, 1.165) is 19.3 Å². The zero-order chi connectivity index (χ0) is 11.6. The summed E-state index contributed by atoms with van der Waals surface area (Å²) in [7, 11) is -1.04. The van der Waals surface area contributed by atoms with Crippen molar-refractivity contribution in [3.8, 4) is 0 Å². The van der Waals surface area contributed by atoms with Crippen molar-refractivity contribution in [3.05, 3.63) is 11.6 Å². The van der Waals surface area contributed by atoms with Crippen LogP contribution in [0.25, 0.3) is 0 Å². The lowest BCUT2D eigenvalue weighted by atomic mass is 10.2. The molecule has 0 saturated heterocycles. The second kappa shape index (κ2) is 4.85. The van der Waals surface area contributed by atoms with Gasteiger partial charge in [0, 0.05) is 23.9 Å². The second-order valence-electron chi connectivity index (χ2n) is 4.30. The molecule has 1 saturated carbocycles. The molecule has 0 aromatic carbocycles. The largest absolute Gasteiger partial charge is 0.297 e. The zero-order valence-electron chi connectivity index (χ0n) is 9.24. The van der Waals surface area contributed by atoms with Crippen molar-refractivity contribution in [2.75, 3.05) is 19.8 Å². The fourth-order valence-electron chi connectivity index (χ4n) is 2.30. The van der Waals surface area contributed by atoms with Crippen LogP contribution in [0, 0.1) is 0 Å². The lowest BCUT2D eigenvalue weighted by Crippen LogP contribution is -2.41. The molecule has 5 heteroatoms. The summed E-state index contributed by atoms with van der Waals surface area (Å²) in [4.78, 5) is 1.99. The van der Waals surface area contributed by atoms with E-state index in [0.29, 0.717) is 11.6 Å². The Balaban J connectivity index is 2.72. The van der Waals surface area contributed by atoms with E-state index in [1.165, 1.54) is 6.26 Å². The molecular formula is C10H18ClNO2S. The lowest BCUT2D eigenvalue weighted by molar-refractivity contribution is 0.270. The van der Waals surface area contributed by atoms with Crippen molar-refractivity contribution >= 4 is 21.4 Å². The Morgan fingerprint density at radius 1 is 1.53 bits per heavy atom. The van der Waals surface area contributed by atoms with Gasteiger partial charge in [0.25, 0.3) is 0 Å². The number of hydrogen-bond donors (Lipinski definition) is 0. The predicted octanol–water partition coefficient (Wildman–Crippen LogP) is 1.64. The van der Waals surface area contributed by atoms with Gasteiger partial charge in [-0.25, -0.2) is 8.42 Å². The molecule has 0 aliphatic heterocycles. The van der Waals surface area contributed by atoms with Gasteiger partial charge in [-0.2, -0.15) is 0 Å². The topological polar surface area (TPSA) is 37.4 Å². The van der Waals surface area contributed by atoms with Crippen LogP contribution in [0.5, 0.6) is 0 Å². The minimum Gasteiger partial charge on any atom is -0.297 e. The summed E-state index contributed by atoms with van der Waals surface area (Å²) in [5.41, 5.74) is 0. The number of sulfone groups is 1. The van der Waals surface area contributed by atoms with E-state index in [-0.39, 0.29) is 11.3 Å². The Morgan fingerprint density at radius 2 is 2.13 bits per heavy atom. The highest BCUT2D eigenvalue weighted by molar-refractivity contribution is 7.91. The fraction of sp³-hybridized carbons (Fsp3) is 0.800. The van der Waals surface area contributed by atoms with Crippen LogP contribution in [0.1, 0.15) is 19.3 Å². The van der Waals surface area contributed by atoms with Gasteiger partial charge in [-0.05, 0) is 19.9 Å². The molecule has 0 bridgehead atoms. The highest BCUT2D eigenvalue weighted by Crippen LogP contribution is 2.29. The summed E-state index contributed by atoms with van der Waals surface area (Å²) in [5.74, 6) is 0. The Hall–Kier alpha value is -0.0600. The van der Waals surface area contributed by atoms with Gasteiger partial charge in [0.05, 0.1) is 5.25 Å². The fourth-order valence-corrected chi connectivity index (χ4v) is 4.00. The minimum absolute atomic E-state index is 0.0931. The maximum atomic E-state index is 11.6. The SMILES string of the molecule is C=C(Cl)CN(C)[C@@H]1CCC[C@@H]1S(C)(=O)=O. The smallest absolute Gasteiger partial charge is 0.151 e. The average molecular weight is 252 g/mol. The molecule has 0 radical (unpaired) electrons. The summed E-state index contributed by atoms with van der Waals surface area (Å²) in [5, 5.41) is 0.315. The molecule has 0 N–H and O–H groups in total. The van der Waals surface area contributed by atoms with Crippen LogP contribution in [0.15, 0.2) is 11.6 Å². The first-order chi connectivity index (χ1) is 6.82. The van der Waals surface area contributed by atoms with Crippen molar-refractivity contribution in [3.63, 3.8) is 0 Å². The summed E-state index contributed by atoms with van der Waals surface area (Å²) in [6.45, 7) is 4.18. The highest BCUT2D eigenvalue weighted by Gasteiger charge is 2.36. The first kappa shape index (κ1) is 13.0. The molecule has 15 heavy (non-hydrogen) atoms. The first-order valence-electron chi connectivity index (χ1n) is 5.04. The molecule has 0 aromatic heterocycles. The van der Waals surface area contributed by atoms with Crippen LogP contribution < -0.4 is 0 Å². The highest BCUT2D eigenvalue weighted by atomic mass is 35.5. The van der Waals surface area contributed by atoms with Gasteiger partial charge in [-0.15, -0.1) is 0 Å². The molecule has 1 aliphatic carbocycles. The van der Waals surface area contributed by atoms with Crippen LogP contribution in [-0.2, 0) is 9.84 Å². The standard InChI is InChI=1S/C10H18ClNO2S/c1-8(11)7-12(2)9-5-4-6-10(9)15(3,13)14/h9-10H,1,4-7H2,2-3H3/t9-,10+/m1/s1. The Labute approximate surface area is 97.0 Å². The summed E-state index contributed by atoms with van der Waals surface area (Å²) in [6, 6.07) is 0.0931. The third-order valence-electron chi connectivity index (χ3n) is 2.95. The van der Waals surface area contributed by atoms with Gasteiger partial charge in [0.1, 0.15) is 0 Å². The number of likely N-dealkylation sites (N-methyl/N-ethyl adjacent to an activating group) is 1. The zero-order valence-corrected chi connectivity index (χ0v) is 10.8. The number of hydrogen-bond acceptors (Lipinski definition) is 3. The van der Waals surface area contributed by atoms with Gasteiger partial charge in [-0.1, -0.05) is 24.6 Å². The summed E-state index contributed by atoms with van der Waals surface area (Å²) < 4.78 is 23.1. The van der Waals surface area contributed by atoms with Crippen molar-refractivity contribution in [1.82, 2.24) is 4.90 Å². The van der Waals surface area contributed by atoms with E-state index < -0.39 is 9.84 Å². The predicted molar refractivity (Wildman–Crippen MR) is 63.9 cm³/mol. The maximum Gasteiger partial charge on any atom is 0.151 e. The molecule has 0 heterocycles. The third kappa shape index (κ3) is 3.47. The molecule has 0 aromatic rings. The van der Waals surface area contributed by atoms with Gasteiger partial charge >= 0.3 is 0 Å². The molecule has 3 nitrogen and oxygen atoms in total. The van der Waals surface area contributed by atoms with E-state index in [4.69, 9.17) is 11.6 Å². The van der Waals surface area contributed by atoms with Gasteiger partial charge < -0.3 is 0 Å². The Morgan fingerprint density at radius 3 is 2.60 bits per heavy atom. The van der Waals surface area contributed by atoms with Crippen LogP contribution >= 0.6 is 11.6 Å². The molecule has 0 amide bonds. The Kier molecular flexibility index (Phi) is 4.20. The van der Waals surface area contributed by atoms with E-state index >= 15 is 0 Å². The first-order valence-corrected chi connectivity index (χ1v) is 7.38. The number of halogens is 1. The van der Waals surface area contributed by atoms with E-state index in [1.54, 1.807) is 0 Å². The van der Waals surface area contributed by atoms with Crippen molar-refractivity contribution in [1.29, 1.82) is 0 Å². The van der Waals surface area contributed by atoms with Crippen molar-refractivity contribution < 1.29 is 8.42 Å². The van der Waals surface area contributed by atoms with E-state index in [1.807, 2.05) is 11.9 Å². The molecular weight excluding hydrogens is 234 g/mol. The molecule has 1 fully saturated rings. The van der Waals surface area contributed by atoms with Crippen LogP contribution in [0.2, 0.25) is 0 Å². The molecule has 1 rings (SSSR count). The summed E-state index contributed by atoms with van der Waals surface area (Å²) >= 11 is 5.73. The number of rotatable bonds is 4. The third-order valence-corrected chi connectivity index (χ3v) is 4.72. The molecule has 88 valence electrons. The van der Waals surface area contributed by atoms with Gasteiger partial charge in [-0.3, -0.25) is 4.90 Å². The quantitative estimate of drug-likeness (QED) is 0.762. The molecule has 1 aliphatic rings. The van der Waals surface area contributed by atoms with Crippen LogP contribution in [-0.4, -0.2) is 44.5 Å². The molecule has 2 atom stereocenters. The van der Waals surface area contributed by atoms with Gasteiger partial charge in [0.2, 0.25) is 0 Å². The van der Waals surface area contributed by atoms with Gasteiger partial charge in [0.15, 0.2) is 9.84 Å². The summed E-state index contributed by atoms with van der Waals surface area (Å²) in [6.07, 6.45) is 3.99. The number of nitrogens with zero attached hydrogens (tertiary/aromatic N) is 1. The second-order valence-corrected chi connectivity index (χ2v) is 7.10. The Bertz CT molecular complexity index is 339. The van der Waals surface area contributed by atoms with E-state index in [9.17, 15) is 8.42 Å². The minimum atomic E-state index is -2.95. The monoisotopic (exact) mass is 251 g/mol. The van der Waals surface area contributed by atoms with Crippen LogP contribution in [0.4, 0.5) is 0 Å². The van der Waals surface area contributed by atoms with Crippen molar-refractivity contribution in [2.45, 2.75) is 30.6 Å². The van der Waals surface area contributed by atoms with E-state index in [2.05, 4.69) is 6.58 Å². The average Bonchev–Trinajstić information content (AvgIpc) is 2.48. The lowest BCUT2D eigenvalue weighted by Gasteiger charge is -2.28. The van der Waals surface area contributed by atoms with Crippen LogP contribution in [0.3, 0.4) is 0 Å².